The van der Waals surface area contributed by atoms with Gasteiger partial charge in [-0.25, -0.2) is 4.79 Å². The van der Waals surface area contributed by atoms with E-state index in [2.05, 4.69) is 10.1 Å². The molecule has 2 aromatic rings. The van der Waals surface area contributed by atoms with Crippen LogP contribution in [0.3, 0.4) is 0 Å². The highest BCUT2D eigenvalue weighted by atomic mass is 19.3. The number of carbonyl (C=O) groups is 2. The summed E-state index contributed by atoms with van der Waals surface area (Å²) in [6, 6.07) is 7.50. The highest BCUT2D eigenvalue weighted by molar-refractivity contribution is 5.97. The highest BCUT2D eigenvalue weighted by Crippen LogP contribution is 2.22. The zero-order chi connectivity index (χ0) is 20.8. The Hall–Kier alpha value is -3.63. The van der Waals surface area contributed by atoms with Crippen LogP contribution in [-0.4, -0.2) is 29.5 Å². The third kappa shape index (κ3) is 5.43. The lowest BCUT2D eigenvalue weighted by atomic mass is 10.2. The Morgan fingerprint density at radius 1 is 1.18 bits per heavy atom. The number of halogens is 3. The molecule has 1 unspecified atom stereocenters. The number of anilines is 1. The average Bonchev–Trinajstić information content (AvgIpc) is 2.62. The standard InChI is InChI=1S/C17H13F3N2O6/c1-9(15(23)21-11-5-6-13(18)14(8-11)22(25)26)27-16(24)10-3-2-4-12(7-10)28-17(19)20/h2-9,17H,1H3,(H,21,23). The van der Waals surface area contributed by atoms with Crippen LogP contribution in [0.5, 0.6) is 5.75 Å². The largest absolute Gasteiger partial charge is 0.449 e. The van der Waals surface area contributed by atoms with Crippen LogP contribution in [0.1, 0.15) is 17.3 Å². The summed E-state index contributed by atoms with van der Waals surface area (Å²) < 4.78 is 46.9. The summed E-state index contributed by atoms with van der Waals surface area (Å²) >= 11 is 0. The van der Waals surface area contributed by atoms with E-state index in [1.807, 2.05) is 0 Å². The Bertz CT molecular complexity index is 906. The Balaban J connectivity index is 2.03. The number of amides is 1. The van der Waals surface area contributed by atoms with E-state index in [4.69, 9.17) is 4.74 Å². The molecule has 0 bridgehead atoms. The van der Waals surface area contributed by atoms with E-state index in [0.29, 0.717) is 0 Å². The van der Waals surface area contributed by atoms with Crippen LogP contribution >= 0.6 is 0 Å². The maximum absolute atomic E-state index is 13.3. The van der Waals surface area contributed by atoms with E-state index >= 15 is 0 Å². The van der Waals surface area contributed by atoms with E-state index in [0.717, 1.165) is 24.3 Å². The lowest BCUT2D eigenvalue weighted by Crippen LogP contribution is -2.30. The third-order valence-corrected chi connectivity index (χ3v) is 3.36. The van der Waals surface area contributed by atoms with Crippen molar-refractivity contribution in [3.63, 3.8) is 0 Å². The summed E-state index contributed by atoms with van der Waals surface area (Å²) in [5.74, 6) is -3.16. The minimum atomic E-state index is -3.07. The molecule has 148 valence electrons. The molecule has 2 aromatic carbocycles. The molecule has 0 saturated carbocycles. The van der Waals surface area contributed by atoms with Gasteiger partial charge in [-0.05, 0) is 37.3 Å². The number of carbonyl (C=O) groups excluding carboxylic acids is 2. The van der Waals surface area contributed by atoms with Crippen LogP contribution in [0.4, 0.5) is 24.5 Å². The predicted molar refractivity (Wildman–Crippen MR) is 89.6 cm³/mol. The van der Waals surface area contributed by atoms with Crippen LogP contribution in [0, 0.1) is 15.9 Å². The van der Waals surface area contributed by atoms with Crippen LogP contribution in [0.25, 0.3) is 0 Å². The molecule has 8 nitrogen and oxygen atoms in total. The van der Waals surface area contributed by atoms with E-state index < -0.39 is 41.0 Å². The van der Waals surface area contributed by atoms with Crippen molar-refractivity contribution in [3.05, 3.63) is 64.0 Å². The van der Waals surface area contributed by atoms with Gasteiger partial charge in [-0.2, -0.15) is 13.2 Å². The number of benzene rings is 2. The van der Waals surface area contributed by atoms with Crippen LogP contribution in [-0.2, 0) is 9.53 Å². The van der Waals surface area contributed by atoms with Crippen molar-refractivity contribution < 1.29 is 37.2 Å². The zero-order valence-corrected chi connectivity index (χ0v) is 14.2. The number of nitro benzene ring substituents is 1. The second-order valence-electron chi connectivity index (χ2n) is 5.37. The number of rotatable bonds is 7. The molecule has 0 aliphatic rings. The van der Waals surface area contributed by atoms with Crippen LogP contribution in [0.15, 0.2) is 42.5 Å². The van der Waals surface area contributed by atoms with Gasteiger partial charge in [0.25, 0.3) is 5.91 Å². The number of hydrogen-bond acceptors (Lipinski definition) is 6. The lowest BCUT2D eigenvalue weighted by Gasteiger charge is -2.14. The molecule has 0 aromatic heterocycles. The Morgan fingerprint density at radius 3 is 2.54 bits per heavy atom. The fraction of sp³-hybridized carbons (Fsp3) is 0.176. The fourth-order valence-corrected chi connectivity index (χ4v) is 2.06. The second-order valence-corrected chi connectivity index (χ2v) is 5.37. The third-order valence-electron chi connectivity index (χ3n) is 3.36. The van der Waals surface area contributed by atoms with Crippen molar-refractivity contribution in [3.8, 4) is 5.75 Å². The Morgan fingerprint density at radius 2 is 1.89 bits per heavy atom. The van der Waals surface area contributed by atoms with Crippen molar-refractivity contribution >= 4 is 23.3 Å². The molecule has 0 radical (unpaired) electrons. The zero-order valence-electron chi connectivity index (χ0n) is 14.2. The average molecular weight is 398 g/mol. The summed E-state index contributed by atoms with van der Waals surface area (Å²) in [5, 5.41) is 13.0. The molecule has 11 heteroatoms. The molecule has 28 heavy (non-hydrogen) atoms. The summed E-state index contributed by atoms with van der Waals surface area (Å²) in [4.78, 5) is 33.9. The van der Waals surface area contributed by atoms with E-state index in [1.165, 1.54) is 25.1 Å². The maximum Gasteiger partial charge on any atom is 0.387 e. The van der Waals surface area contributed by atoms with Gasteiger partial charge in [-0.15, -0.1) is 0 Å². The van der Waals surface area contributed by atoms with Crippen molar-refractivity contribution in [1.29, 1.82) is 0 Å². The highest BCUT2D eigenvalue weighted by Gasteiger charge is 2.21. The number of alkyl halides is 2. The molecule has 0 spiro atoms. The SMILES string of the molecule is CC(OC(=O)c1cccc(OC(F)F)c1)C(=O)Nc1ccc(F)c([N+](=O)[O-])c1. The quantitative estimate of drug-likeness (QED) is 0.434. The van der Waals surface area contributed by atoms with Gasteiger partial charge in [0.2, 0.25) is 5.82 Å². The summed E-state index contributed by atoms with van der Waals surface area (Å²) in [6.07, 6.45) is -1.34. The van der Waals surface area contributed by atoms with E-state index in [-0.39, 0.29) is 17.0 Å². The van der Waals surface area contributed by atoms with Gasteiger partial charge in [-0.3, -0.25) is 14.9 Å². The predicted octanol–water partition coefficient (Wildman–Crippen LogP) is 3.52. The molecule has 1 amide bonds. The van der Waals surface area contributed by atoms with Crippen molar-refractivity contribution in [1.82, 2.24) is 0 Å². The Kier molecular flexibility index (Phi) is 6.53. The molecular formula is C17H13F3N2O6. The minimum absolute atomic E-state index is 0.0756. The lowest BCUT2D eigenvalue weighted by molar-refractivity contribution is -0.387. The van der Waals surface area contributed by atoms with Gasteiger partial charge < -0.3 is 14.8 Å². The van der Waals surface area contributed by atoms with Crippen molar-refractivity contribution in [2.24, 2.45) is 0 Å². The van der Waals surface area contributed by atoms with Crippen molar-refractivity contribution in [2.45, 2.75) is 19.6 Å². The molecule has 0 aliphatic carbocycles. The molecule has 0 heterocycles. The minimum Gasteiger partial charge on any atom is -0.449 e. The summed E-state index contributed by atoms with van der Waals surface area (Å²) in [7, 11) is 0. The first-order valence-electron chi connectivity index (χ1n) is 7.68. The smallest absolute Gasteiger partial charge is 0.387 e. The molecule has 0 aliphatic heterocycles. The van der Waals surface area contributed by atoms with Gasteiger partial charge in [-0.1, -0.05) is 6.07 Å². The number of nitro groups is 1. The van der Waals surface area contributed by atoms with Gasteiger partial charge in [0.15, 0.2) is 6.10 Å². The second kappa shape index (κ2) is 8.84. The first-order valence-corrected chi connectivity index (χ1v) is 7.68. The van der Waals surface area contributed by atoms with E-state index in [9.17, 15) is 32.9 Å². The molecule has 0 saturated heterocycles. The molecule has 2 rings (SSSR count). The molecule has 1 N–H and O–H groups in total. The van der Waals surface area contributed by atoms with Gasteiger partial charge >= 0.3 is 18.3 Å². The fourth-order valence-electron chi connectivity index (χ4n) is 2.06. The number of esters is 1. The first kappa shape index (κ1) is 20.7. The number of ether oxygens (including phenoxy) is 2. The number of nitrogens with zero attached hydrogens (tertiary/aromatic N) is 1. The Labute approximate surface area is 156 Å². The topological polar surface area (TPSA) is 108 Å². The first-order chi connectivity index (χ1) is 13.2. The van der Waals surface area contributed by atoms with Gasteiger partial charge in [0.05, 0.1) is 10.5 Å². The maximum atomic E-state index is 13.3. The monoisotopic (exact) mass is 398 g/mol. The van der Waals surface area contributed by atoms with Crippen LogP contribution in [0.2, 0.25) is 0 Å². The van der Waals surface area contributed by atoms with E-state index in [1.54, 1.807) is 0 Å². The number of hydrogen-bond donors (Lipinski definition) is 1. The van der Waals surface area contributed by atoms with Gasteiger partial charge in [0.1, 0.15) is 5.75 Å². The molecular weight excluding hydrogens is 385 g/mol. The number of nitrogens with one attached hydrogen (secondary N) is 1. The summed E-state index contributed by atoms with van der Waals surface area (Å²) in [5.41, 5.74) is -1.04. The normalized spacial score (nSPS) is 11.6. The van der Waals surface area contributed by atoms with Crippen LogP contribution < -0.4 is 10.1 Å². The van der Waals surface area contributed by atoms with Gasteiger partial charge in [0, 0.05) is 11.8 Å². The molecule has 1 atom stereocenters. The summed E-state index contributed by atoms with van der Waals surface area (Å²) in [6.45, 7) is -1.85. The molecule has 0 fully saturated rings. The van der Waals surface area contributed by atoms with Crippen molar-refractivity contribution in [2.75, 3.05) is 5.32 Å².